The van der Waals surface area contributed by atoms with E-state index < -0.39 is 0 Å². The van der Waals surface area contributed by atoms with E-state index in [4.69, 9.17) is 18.6 Å². The van der Waals surface area contributed by atoms with Gasteiger partial charge in [-0.15, -0.1) is 0 Å². The third-order valence-electron chi connectivity index (χ3n) is 9.93. The van der Waals surface area contributed by atoms with Gasteiger partial charge in [0, 0.05) is 69.0 Å². The zero-order chi connectivity index (χ0) is 33.5. The molecule has 4 aromatic heterocycles. The van der Waals surface area contributed by atoms with Crippen molar-refractivity contribution in [1.82, 2.24) is 9.55 Å². The Bertz CT molecular complexity index is 2990. The van der Waals surface area contributed by atoms with Crippen molar-refractivity contribution < 1.29 is 13.6 Å². The number of rotatable bonds is 5. The van der Waals surface area contributed by atoms with Gasteiger partial charge in [0.15, 0.2) is 11.3 Å². The van der Waals surface area contributed by atoms with Gasteiger partial charge in [0.2, 0.25) is 0 Å². The van der Waals surface area contributed by atoms with Gasteiger partial charge < -0.3 is 23.4 Å². The molecule has 51 heavy (non-hydrogen) atoms. The molecule has 0 amide bonds. The van der Waals surface area contributed by atoms with Crippen LogP contribution in [0.25, 0.3) is 71.5 Å². The Hall–Kier alpha value is -6.99. The molecule has 0 spiro atoms. The summed E-state index contributed by atoms with van der Waals surface area (Å²) < 4.78 is 22.2. The summed E-state index contributed by atoms with van der Waals surface area (Å²) in [5, 5.41) is 6.27. The summed E-state index contributed by atoms with van der Waals surface area (Å²) in [5.74, 6) is 2.16. The molecule has 1 aliphatic rings. The second-order valence-corrected chi connectivity index (χ2v) is 12.9. The summed E-state index contributed by atoms with van der Waals surface area (Å²) in [6.07, 6.45) is 6.04. The van der Waals surface area contributed by atoms with Crippen molar-refractivity contribution in [3.05, 3.63) is 158 Å². The van der Waals surface area contributed by atoms with Crippen LogP contribution in [0, 0.1) is 0 Å². The molecule has 0 fully saturated rings. The van der Waals surface area contributed by atoms with Gasteiger partial charge >= 0.3 is 0 Å². The SMILES string of the molecule is C1=CN(c2cc(Oc3ccc4c5ccccc5n(-c5ccccn5)c4c3)c3oc4ccc5c6ccccc6oc5c4c3c2)CN1c1ccccc1. The summed E-state index contributed by atoms with van der Waals surface area (Å²) >= 11 is 0. The molecule has 0 N–H and O–H groups in total. The summed E-state index contributed by atoms with van der Waals surface area (Å²) in [7, 11) is 0. The number of nitrogens with zero attached hydrogens (tertiary/aromatic N) is 4. The first-order chi connectivity index (χ1) is 25.3. The van der Waals surface area contributed by atoms with Crippen molar-refractivity contribution in [3.63, 3.8) is 0 Å². The second-order valence-electron chi connectivity index (χ2n) is 12.9. The van der Waals surface area contributed by atoms with E-state index >= 15 is 0 Å². The zero-order valence-corrected chi connectivity index (χ0v) is 27.2. The topological polar surface area (TPSA) is 59.8 Å². The molecule has 0 atom stereocenters. The number of aromatic nitrogens is 2. The number of furan rings is 2. The molecule has 11 rings (SSSR count). The minimum atomic E-state index is 0.620. The zero-order valence-electron chi connectivity index (χ0n) is 27.2. The molecule has 0 saturated carbocycles. The van der Waals surface area contributed by atoms with Crippen LogP contribution in [-0.4, -0.2) is 16.2 Å². The monoisotopic (exact) mass is 660 g/mol. The lowest BCUT2D eigenvalue weighted by molar-refractivity contribution is 0.477. The Balaban J connectivity index is 1.11. The molecule has 242 valence electrons. The third kappa shape index (κ3) is 4.28. The predicted octanol–water partition coefficient (Wildman–Crippen LogP) is 11.5. The maximum absolute atomic E-state index is 6.88. The maximum Gasteiger partial charge on any atom is 0.178 e. The second kappa shape index (κ2) is 10.8. The molecule has 0 bridgehead atoms. The standard InChI is InChI=1S/C44H28N4O3/c1-2-10-28(11-3-1)46-22-23-47(27-46)29-24-35-42-39(20-19-34-33-13-5-7-15-38(33)50-44(34)42)51-43(35)40(25-29)49-30-17-18-32-31-12-4-6-14-36(31)48(37(32)26-30)41-16-8-9-21-45-41/h1-26H,27H2. The van der Waals surface area contributed by atoms with Gasteiger partial charge in [-0.2, -0.15) is 0 Å². The molecule has 1 aliphatic heterocycles. The van der Waals surface area contributed by atoms with Crippen LogP contribution in [0.2, 0.25) is 0 Å². The van der Waals surface area contributed by atoms with Crippen LogP contribution in [0.3, 0.4) is 0 Å². The largest absolute Gasteiger partial charge is 0.455 e. The van der Waals surface area contributed by atoms with E-state index in [2.05, 4.69) is 112 Å². The lowest BCUT2D eigenvalue weighted by Gasteiger charge is -2.22. The fourth-order valence-corrected chi connectivity index (χ4v) is 7.59. The van der Waals surface area contributed by atoms with E-state index in [-0.39, 0.29) is 0 Å². The van der Waals surface area contributed by atoms with Gasteiger partial charge in [-0.1, -0.05) is 60.7 Å². The highest BCUT2D eigenvalue weighted by molar-refractivity contribution is 6.23. The number of ether oxygens (including phenoxy) is 1. The lowest BCUT2D eigenvalue weighted by atomic mass is 10.1. The van der Waals surface area contributed by atoms with Crippen LogP contribution in [0.4, 0.5) is 11.4 Å². The van der Waals surface area contributed by atoms with E-state index in [1.165, 1.54) is 0 Å². The van der Waals surface area contributed by atoms with Crippen molar-refractivity contribution in [2.24, 2.45) is 0 Å². The Labute approximate surface area is 291 Å². The number of hydrogen-bond donors (Lipinski definition) is 0. The molecule has 10 aromatic rings. The van der Waals surface area contributed by atoms with Crippen LogP contribution in [0.1, 0.15) is 0 Å². The number of benzene rings is 6. The Morgan fingerprint density at radius 1 is 0.529 bits per heavy atom. The van der Waals surface area contributed by atoms with E-state index in [0.717, 1.165) is 77.3 Å². The highest BCUT2D eigenvalue weighted by atomic mass is 16.5. The first-order valence-electron chi connectivity index (χ1n) is 17.0. The highest BCUT2D eigenvalue weighted by Crippen LogP contribution is 2.45. The van der Waals surface area contributed by atoms with Gasteiger partial charge in [-0.05, 0) is 66.7 Å². The number of fused-ring (bicyclic) bond motifs is 10. The summed E-state index contributed by atoms with van der Waals surface area (Å²) in [6.45, 7) is 0.654. The predicted molar refractivity (Wildman–Crippen MR) is 205 cm³/mol. The quantitative estimate of drug-likeness (QED) is 0.183. The van der Waals surface area contributed by atoms with Gasteiger partial charge in [-0.3, -0.25) is 4.57 Å². The molecular weight excluding hydrogens is 633 g/mol. The maximum atomic E-state index is 6.88. The smallest absolute Gasteiger partial charge is 0.178 e. The summed E-state index contributed by atoms with van der Waals surface area (Å²) in [4.78, 5) is 9.15. The normalized spacial score (nSPS) is 13.3. The first kappa shape index (κ1) is 27.9. The first-order valence-corrected chi connectivity index (χ1v) is 17.0. The summed E-state index contributed by atoms with van der Waals surface area (Å²) in [5.41, 5.74) is 7.26. The molecule has 0 unspecified atom stereocenters. The molecule has 0 radical (unpaired) electrons. The average Bonchev–Trinajstić information content (AvgIpc) is 3.97. The van der Waals surface area contributed by atoms with Crippen molar-refractivity contribution in [3.8, 4) is 17.3 Å². The van der Waals surface area contributed by atoms with Crippen LogP contribution in [-0.2, 0) is 0 Å². The van der Waals surface area contributed by atoms with Gasteiger partial charge in [0.1, 0.15) is 28.3 Å². The van der Waals surface area contributed by atoms with Gasteiger partial charge in [0.25, 0.3) is 0 Å². The average molecular weight is 661 g/mol. The number of anilines is 2. The fraction of sp³-hybridized carbons (Fsp3) is 0.0227. The Morgan fingerprint density at radius 2 is 1.27 bits per heavy atom. The van der Waals surface area contributed by atoms with Gasteiger partial charge in [0.05, 0.1) is 23.1 Å². The van der Waals surface area contributed by atoms with E-state index in [1.807, 2.05) is 60.8 Å². The van der Waals surface area contributed by atoms with Crippen molar-refractivity contribution in [2.45, 2.75) is 0 Å². The van der Waals surface area contributed by atoms with Crippen molar-refractivity contribution in [2.75, 3.05) is 16.5 Å². The fourth-order valence-electron chi connectivity index (χ4n) is 7.59. The van der Waals surface area contributed by atoms with Crippen LogP contribution in [0.5, 0.6) is 11.5 Å². The Kier molecular flexibility index (Phi) is 5.89. The molecule has 0 saturated heterocycles. The van der Waals surface area contributed by atoms with E-state index in [0.29, 0.717) is 23.8 Å². The van der Waals surface area contributed by atoms with Gasteiger partial charge in [-0.25, -0.2) is 4.98 Å². The number of para-hydroxylation sites is 3. The third-order valence-corrected chi connectivity index (χ3v) is 9.93. The molecular formula is C44H28N4O3. The summed E-state index contributed by atoms with van der Waals surface area (Å²) in [6, 6.07) is 47.6. The minimum absolute atomic E-state index is 0.620. The van der Waals surface area contributed by atoms with Crippen molar-refractivity contribution in [1.29, 1.82) is 0 Å². The van der Waals surface area contributed by atoms with E-state index in [9.17, 15) is 0 Å². The number of pyridine rings is 1. The lowest BCUT2D eigenvalue weighted by Crippen LogP contribution is -2.24. The molecule has 6 aromatic carbocycles. The van der Waals surface area contributed by atoms with E-state index in [1.54, 1.807) is 0 Å². The number of hydrogen-bond acceptors (Lipinski definition) is 6. The molecule has 7 nitrogen and oxygen atoms in total. The molecule has 7 heteroatoms. The molecule has 0 aliphatic carbocycles. The van der Waals surface area contributed by atoms with Crippen LogP contribution < -0.4 is 14.5 Å². The molecule has 5 heterocycles. The minimum Gasteiger partial charge on any atom is -0.455 e. The Morgan fingerprint density at radius 3 is 2.16 bits per heavy atom. The van der Waals surface area contributed by atoms with Crippen LogP contribution >= 0.6 is 0 Å². The van der Waals surface area contributed by atoms with Crippen LogP contribution in [0.15, 0.2) is 167 Å². The van der Waals surface area contributed by atoms with Crippen molar-refractivity contribution >= 4 is 77.1 Å². The highest BCUT2D eigenvalue weighted by Gasteiger charge is 2.23.